The summed E-state index contributed by atoms with van der Waals surface area (Å²) in [5, 5.41) is 8.99. The van der Waals surface area contributed by atoms with Crippen LogP contribution >= 0.6 is 0 Å². The predicted molar refractivity (Wildman–Crippen MR) is 127 cm³/mol. The molecule has 4 heterocycles. The van der Waals surface area contributed by atoms with Crippen molar-refractivity contribution in [2.24, 2.45) is 4.99 Å². The van der Waals surface area contributed by atoms with Gasteiger partial charge in [-0.1, -0.05) is 19.1 Å². The van der Waals surface area contributed by atoms with Crippen LogP contribution < -0.4 is 5.32 Å². The summed E-state index contributed by atoms with van der Waals surface area (Å²) in [5.74, 6) is 0.778. The number of benzene rings is 1. The minimum Gasteiger partial charge on any atom is -0.324 e. The molecule has 2 aliphatic heterocycles. The maximum absolute atomic E-state index is 13.2. The number of fused-ring (bicyclic) bond motifs is 2. The lowest BCUT2D eigenvalue weighted by atomic mass is 10.1. The molecule has 1 amide bonds. The smallest absolute Gasteiger partial charge is 0.249 e. The first-order valence-electron chi connectivity index (χ1n) is 10.9. The van der Waals surface area contributed by atoms with Crippen molar-refractivity contribution >= 4 is 28.3 Å². The first-order chi connectivity index (χ1) is 15.5. The number of carbonyl (C=O) groups excluding carboxylic acids is 1. The molecule has 32 heavy (non-hydrogen) atoms. The topological polar surface area (TPSA) is 75.4 Å². The average molecular weight is 427 g/mol. The number of carbonyl (C=O) groups is 1. The monoisotopic (exact) mass is 426 g/mol. The number of aromatic nitrogens is 3. The molecule has 0 spiro atoms. The first-order valence-corrected chi connectivity index (χ1v) is 10.9. The van der Waals surface area contributed by atoms with E-state index in [-0.39, 0.29) is 11.9 Å². The molecule has 0 aliphatic carbocycles. The van der Waals surface area contributed by atoms with E-state index in [0.29, 0.717) is 13.1 Å². The number of rotatable bonds is 5. The third-order valence-electron chi connectivity index (χ3n) is 5.89. The molecule has 7 nitrogen and oxygen atoms in total. The Labute approximate surface area is 187 Å². The van der Waals surface area contributed by atoms with Crippen molar-refractivity contribution in [1.29, 1.82) is 0 Å². The molecule has 0 saturated heterocycles. The van der Waals surface area contributed by atoms with E-state index in [0.717, 1.165) is 51.5 Å². The highest BCUT2D eigenvalue weighted by molar-refractivity contribution is 6.08. The van der Waals surface area contributed by atoms with E-state index in [4.69, 9.17) is 5.10 Å². The molecule has 0 radical (unpaired) electrons. The Kier molecular flexibility index (Phi) is 5.09. The van der Waals surface area contributed by atoms with Gasteiger partial charge in [0.1, 0.15) is 11.9 Å². The van der Waals surface area contributed by atoms with Gasteiger partial charge in [-0.15, -0.1) is 0 Å². The highest BCUT2D eigenvalue weighted by atomic mass is 16.2. The van der Waals surface area contributed by atoms with Crippen LogP contribution in [0.15, 0.2) is 65.3 Å². The summed E-state index contributed by atoms with van der Waals surface area (Å²) < 4.78 is 1.98. The zero-order valence-electron chi connectivity index (χ0n) is 18.5. The number of nitrogens with one attached hydrogen (secondary N) is 1. The molecule has 1 atom stereocenters. The number of amidine groups is 1. The molecule has 1 aromatic carbocycles. The summed E-state index contributed by atoms with van der Waals surface area (Å²) in [7, 11) is 0. The third-order valence-corrected chi connectivity index (χ3v) is 5.89. The van der Waals surface area contributed by atoms with Crippen LogP contribution in [0.25, 0.3) is 10.9 Å². The summed E-state index contributed by atoms with van der Waals surface area (Å²) >= 11 is 0. The number of pyridine rings is 1. The number of hydrogen-bond donors (Lipinski definition) is 1. The van der Waals surface area contributed by atoms with E-state index in [9.17, 15) is 4.79 Å². The lowest BCUT2D eigenvalue weighted by Gasteiger charge is -2.24. The molecule has 3 aromatic rings. The van der Waals surface area contributed by atoms with Crippen molar-refractivity contribution in [2.75, 3.05) is 11.9 Å². The van der Waals surface area contributed by atoms with Crippen LogP contribution in [0.3, 0.4) is 0 Å². The van der Waals surface area contributed by atoms with Crippen LogP contribution in [0, 0.1) is 6.92 Å². The molecule has 2 aromatic heterocycles. The van der Waals surface area contributed by atoms with Gasteiger partial charge in [0.25, 0.3) is 0 Å². The van der Waals surface area contributed by atoms with Crippen LogP contribution in [0.1, 0.15) is 30.9 Å². The second-order valence-electron chi connectivity index (χ2n) is 8.24. The standard InChI is InChI=1S/C25H26N6O/c1-4-19-24-20(28-25(32)22-14-26-23-13-16(2)11-12-30(22)23)9-6-10-21(24)31(29-19)15-18-8-5-7-17(3)27-18/h5-13,22H,4,14-15H2,1-3H3,(H,28,32). The summed E-state index contributed by atoms with van der Waals surface area (Å²) in [6.07, 6.45) is 6.72. The summed E-state index contributed by atoms with van der Waals surface area (Å²) in [6.45, 7) is 7.13. The molecule has 0 saturated carbocycles. The van der Waals surface area contributed by atoms with Crippen molar-refractivity contribution in [1.82, 2.24) is 19.7 Å². The average Bonchev–Trinajstić information content (AvgIpc) is 3.35. The van der Waals surface area contributed by atoms with Gasteiger partial charge in [-0.05, 0) is 62.3 Å². The molecule has 2 aliphatic rings. The summed E-state index contributed by atoms with van der Waals surface area (Å²) in [6, 6.07) is 11.6. The fourth-order valence-corrected chi connectivity index (χ4v) is 4.31. The van der Waals surface area contributed by atoms with Crippen LogP contribution in [-0.4, -0.2) is 44.0 Å². The summed E-state index contributed by atoms with van der Waals surface area (Å²) in [4.78, 5) is 24.3. The number of allylic oxidation sites excluding steroid dienone is 2. The number of amides is 1. The van der Waals surface area contributed by atoms with Gasteiger partial charge in [0, 0.05) is 17.3 Å². The molecule has 162 valence electrons. The van der Waals surface area contributed by atoms with E-state index >= 15 is 0 Å². The van der Waals surface area contributed by atoms with Crippen molar-refractivity contribution in [3.05, 3.63) is 77.4 Å². The molecular formula is C25H26N6O. The lowest BCUT2D eigenvalue weighted by molar-refractivity contribution is -0.118. The van der Waals surface area contributed by atoms with Gasteiger partial charge in [0.05, 0.1) is 35.7 Å². The van der Waals surface area contributed by atoms with Crippen LogP contribution in [0.2, 0.25) is 0 Å². The van der Waals surface area contributed by atoms with Gasteiger partial charge >= 0.3 is 0 Å². The Morgan fingerprint density at radius 1 is 1.19 bits per heavy atom. The van der Waals surface area contributed by atoms with E-state index in [1.807, 2.05) is 78.2 Å². The van der Waals surface area contributed by atoms with Crippen molar-refractivity contribution < 1.29 is 4.79 Å². The zero-order chi connectivity index (χ0) is 22.2. The first kappa shape index (κ1) is 20.2. The van der Waals surface area contributed by atoms with Crippen molar-refractivity contribution in [2.45, 2.75) is 39.8 Å². The maximum Gasteiger partial charge on any atom is 0.249 e. The minimum atomic E-state index is -0.350. The van der Waals surface area contributed by atoms with Crippen LogP contribution in [0.5, 0.6) is 0 Å². The number of nitrogens with zero attached hydrogens (tertiary/aromatic N) is 5. The Morgan fingerprint density at radius 2 is 2.03 bits per heavy atom. The molecule has 5 rings (SSSR count). The van der Waals surface area contributed by atoms with Gasteiger partial charge in [-0.25, -0.2) is 0 Å². The van der Waals surface area contributed by atoms with Gasteiger partial charge in [0.15, 0.2) is 0 Å². The Bertz CT molecular complexity index is 1300. The van der Waals surface area contributed by atoms with E-state index in [2.05, 4.69) is 22.2 Å². The quantitative estimate of drug-likeness (QED) is 0.673. The van der Waals surface area contributed by atoms with Gasteiger partial charge in [-0.2, -0.15) is 5.10 Å². The normalized spacial score (nSPS) is 17.3. The minimum absolute atomic E-state index is 0.0657. The van der Waals surface area contributed by atoms with E-state index in [1.165, 1.54) is 0 Å². The SMILES string of the molecule is CCc1nn(Cc2cccc(C)n2)c2cccc(NC(=O)C3CN=C4C=C(C)C=CN43)c12. The molecule has 1 N–H and O–H groups in total. The fraction of sp³-hybridized carbons (Fsp3) is 0.280. The molecule has 1 unspecified atom stereocenters. The summed E-state index contributed by atoms with van der Waals surface area (Å²) in [5.41, 5.74) is 5.81. The highest BCUT2D eigenvalue weighted by Gasteiger charge is 2.32. The van der Waals surface area contributed by atoms with E-state index in [1.54, 1.807) is 0 Å². The second kappa shape index (κ2) is 8.07. The van der Waals surface area contributed by atoms with Gasteiger partial charge in [0.2, 0.25) is 5.91 Å². The van der Waals surface area contributed by atoms with Gasteiger partial charge in [-0.3, -0.25) is 19.5 Å². The van der Waals surface area contributed by atoms with E-state index < -0.39 is 0 Å². The number of anilines is 1. The highest BCUT2D eigenvalue weighted by Crippen LogP contribution is 2.29. The van der Waals surface area contributed by atoms with Crippen molar-refractivity contribution in [3.63, 3.8) is 0 Å². The van der Waals surface area contributed by atoms with Crippen LogP contribution in [0.4, 0.5) is 5.69 Å². The molecule has 0 fully saturated rings. The Hall–Kier alpha value is -3.74. The molecule has 7 heteroatoms. The number of hydrogen-bond acceptors (Lipinski definition) is 5. The zero-order valence-corrected chi connectivity index (χ0v) is 18.5. The Balaban J connectivity index is 1.44. The van der Waals surface area contributed by atoms with Crippen molar-refractivity contribution in [3.8, 4) is 0 Å². The number of aliphatic imine (C=N–C) groups is 1. The third kappa shape index (κ3) is 3.60. The lowest BCUT2D eigenvalue weighted by Crippen LogP contribution is -2.42. The second-order valence-corrected chi connectivity index (χ2v) is 8.24. The number of aryl methyl sites for hydroxylation is 2. The van der Waals surface area contributed by atoms with Gasteiger partial charge < -0.3 is 10.2 Å². The predicted octanol–water partition coefficient (Wildman–Crippen LogP) is 3.85. The van der Waals surface area contributed by atoms with Crippen LogP contribution in [-0.2, 0) is 17.8 Å². The molecular weight excluding hydrogens is 400 g/mol. The Morgan fingerprint density at radius 3 is 2.84 bits per heavy atom. The largest absolute Gasteiger partial charge is 0.324 e. The maximum atomic E-state index is 13.2. The fourth-order valence-electron chi connectivity index (χ4n) is 4.31. The molecule has 0 bridgehead atoms.